The zero-order valence-electron chi connectivity index (χ0n) is 16.8. The van der Waals surface area contributed by atoms with Gasteiger partial charge < -0.3 is 19.4 Å². The molecule has 0 spiro atoms. The van der Waals surface area contributed by atoms with E-state index >= 15 is 0 Å². The maximum Gasteiger partial charge on any atom is 0.336 e. The van der Waals surface area contributed by atoms with Crippen molar-refractivity contribution >= 4 is 17.8 Å². The number of carbonyl (C=O) groups excluding carboxylic acids is 3. The van der Waals surface area contributed by atoms with E-state index in [-0.39, 0.29) is 37.9 Å². The van der Waals surface area contributed by atoms with E-state index in [1.165, 1.54) is 23.3 Å². The number of esters is 1. The van der Waals surface area contributed by atoms with E-state index in [0.717, 1.165) is 0 Å². The molecule has 1 aliphatic heterocycles. The quantitative estimate of drug-likeness (QED) is 0.704. The van der Waals surface area contributed by atoms with Gasteiger partial charge >= 0.3 is 5.97 Å². The summed E-state index contributed by atoms with van der Waals surface area (Å²) in [7, 11) is 0. The molecule has 0 saturated heterocycles. The van der Waals surface area contributed by atoms with Crippen LogP contribution in [0.1, 0.15) is 37.5 Å². The van der Waals surface area contributed by atoms with Crippen molar-refractivity contribution in [3.05, 3.63) is 71.1 Å². The number of nitrogens with one attached hydrogen (secondary N) is 1. The highest BCUT2D eigenvalue weighted by Gasteiger charge is 2.37. The lowest BCUT2D eigenvalue weighted by molar-refractivity contribution is -0.141. The molecule has 2 aromatic rings. The summed E-state index contributed by atoms with van der Waals surface area (Å²) in [6.45, 7) is 3.43. The fourth-order valence-corrected chi connectivity index (χ4v) is 3.46. The standard InChI is InChI=1S/C22H23FN2O5/c1-3-29-22(28)21-14(2)25(13-19(26)24-12-17-5-4-10-30-17)20(27)11-18(21)15-6-8-16(23)9-7-15/h4-10,18H,3,11-13H2,1-2H3,(H,24,26). The molecule has 0 saturated carbocycles. The summed E-state index contributed by atoms with van der Waals surface area (Å²) in [4.78, 5) is 39.1. The number of allylic oxidation sites excluding steroid dienone is 1. The molecule has 1 N–H and O–H groups in total. The lowest BCUT2D eigenvalue weighted by Gasteiger charge is -2.34. The van der Waals surface area contributed by atoms with Gasteiger partial charge in [0.15, 0.2) is 0 Å². The molecule has 8 heteroatoms. The van der Waals surface area contributed by atoms with Crippen LogP contribution < -0.4 is 5.32 Å². The van der Waals surface area contributed by atoms with Crippen molar-refractivity contribution in [1.82, 2.24) is 10.2 Å². The van der Waals surface area contributed by atoms with Crippen molar-refractivity contribution in [2.24, 2.45) is 0 Å². The van der Waals surface area contributed by atoms with Crippen LogP contribution in [0, 0.1) is 5.82 Å². The smallest absolute Gasteiger partial charge is 0.336 e. The Kier molecular flexibility index (Phi) is 6.66. The summed E-state index contributed by atoms with van der Waals surface area (Å²) in [5, 5.41) is 2.68. The van der Waals surface area contributed by atoms with Gasteiger partial charge in [-0.15, -0.1) is 0 Å². The molecule has 1 aliphatic rings. The van der Waals surface area contributed by atoms with Gasteiger partial charge in [0.05, 0.1) is 25.0 Å². The van der Waals surface area contributed by atoms with E-state index in [2.05, 4.69) is 5.32 Å². The average Bonchev–Trinajstić information content (AvgIpc) is 3.23. The van der Waals surface area contributed by atoms with Crippen LogP contribution in [-0.4, -0.2) is 35.8 Å². The fourth-order valence-electron chi connectivity index (χ4n) is 3.46. The molecule has 7 nitrogen and oxygen atoms in total. The second-order valence-corrected chi connectivity index (χ2v) is 6.86. The lowest BCUT2D eigenvalue weighted by atomic mass is 9.83. The van der Waals surface area contributed by atoms with Crippen LogP contribution in [0.15, 0.2) is 58.3 Å². The van der Waals surface area contributed by atoms with Crippen molar-refractivity contribution in [3.63, 3.8) is 0 Å². The summed E-state index contributed by atoms with van der Waals surface area (Å²) in [6.07, 6.45) is 1.48. The molecule has 3 rings (SSSR count). The Labute approximate surface area is 173 Å². The van der Waals surface area contributed by atoms with Gasteiger partial charge in [0.25, 0.3) is 0 Å². The predicted octanol–water partition coefficient (Wildman–Crippen LogP) is 2.89. The number of carbonyl (C=O) groups is 3. The summed E-state index contributed by atoms with van der Waals surface area (Å²) in [5.41, 5.74) is 1.28. The maximum atomic E-state index is 13.3. The molecular weight excluding hydrogens is 391 g/mol. The van der Waals surface area contributed by atoms with E-state index in [1.54, 1.807) is 38.1 Å². The summed E-state index contributed by atoms with van der Waals surface area (Å²) in [5.74, 6) is -1.64. The number of halogens is 1. The predicted molar refractivity (Wildman–Crippen MR) is 105 cm³/mol. The monoisotopic (exact) mass is 414 g/mol. The molecule has 0 radical (unpaired) electrons. The molecule has 30 heavy (non-hydrogen) atoms. The molecule has 0 bridgehead atoms. The minimum Gasteiger partial charge on any atom is -0.467 e. The molecule has 0 aliphatic carbocycles. The Morgan fingerprint density at radius 1 is 1.27 bits per heavy atom. The molecule has 1 unspecified atom stereocenters. The number of hydrogen-bond acceptors (Lipinski definition) is 5. The number of hydrogen-bond donors (Lipinski definition) is 1. The third kappa shape index (κ3) is 4.76. The van der Waals surface area contributed by atoms with Gasteiger partial charge in [0, 0.05) is 18.0 Å². The molecular formula is C22H23FN2O5. The second-order valence-electron chi connectivity index (χ2n) is 6.86. The van der Waals surface area contributed by atoms with Crippen LogP contribution in [0.4, 0.5) is 4.39 Å². The number of furan rings is 1. The van der Waals surface area contributed by atoms with Gasteiger partial charge in [0.1, 0.15) is 18.1 Å². The molecule has 0 fully saturated rings. The molecule has 1 atom stereocenters. The zero-order chi connectivity index (χ0) is 21.7. The van der Waals surface area contributed by atoms with E-state index in [9.17, 15) is 18.8 Å². The maximum absolute atomic E-state index is 13.3. The minimum absolute atomic E-state index is 0.0252. The van der Waals surface area contributed by atoms with Gasteiger partial charge in [-0.1, -0.05) is 12.1 Å². The Bertz CT molecular complexity index is 950. The number of nitrogens with zero attached hydrogens (tertiary/aromatic N) is 1. The van der Waals surface area contributed by atoms with Crippen LogP contribution >= 0.6 is 0 Å². The van der Waals surface area contributed by atoms with Gasteiger partial charge in [-0.3, -0.25) is 9.59 Å². The Morgan fingerprint density at radius 2 is 2.00 bits per heavy atom. The third-order valence-corrected chi connectivity index (χ3v) is 4.93. The Balaban J connectivity index is 1.84. The van der Waals surface area contributed by atoms with Gasteiger partial charge in [-0.2, -0.15) is 0 Å². The minimum atomic E-state index is -0.570. The van der Waals surface area contributed by atoms with Crippen LogP contribution in [-0.2, 0) is 25.7 Å². The van der Waals surface area contributed by atoms with E-state index in [4.69, 9.17) is 9.15 Å². The molecule has 1 aromatic heterocycles. The SMILES string of the molecule is CCOC(=O)C1=C(C)N(CC(=O)NCc2ccco2)C(=O)CC1c1ccc(F)cc1. The number of ether oxygens (including phenoxy) is 1. The highest BCUT2D eigenvalue weighted by Crippen LogP contribution is 2.37. The van der Waals surface area contributed by atoms with E-state index in [0.29, 0.717) is 22.6 Å². The number of amides is 2. The van der Waals surface area contributed by atoms with Crippen LogP contribution in [0.3, 0.4) is 0 Å². The topological polar surface area (TPSA) is 88.8 Å². The first kappa shape index (κ1) is 21.3. The molecule has 2 amide bonds. The van der Waals surface area contributed by atoms with E-state index < -0.39 is 17.7 Å². The van der Waals surface area contributed by atoms with Crippen molar-refractivity contribution in [3.8, 4) is 0 Å². The first-order valence-corrected chi connectivity index (χ1v) is 9.63. The Morgan fingerprint density at radius 3 is 2.63 bits per heavy atom. The first-order chi connectivity index (χ1) is 14.4. The normalized spacial score (nSPS) is 16.6. The summed E-state index contributed by atoms with van der Waals surface area (Å²) in [6, 6.07) is 9.10. The number of rotatable bonds is 7. The largest absolute Gasteiger partial charge is 0.467 e. The van der Waals surface area contributed by atoms with Crippen molar-refractivity contribution < 1.29 is 27.9 Å². The second kappa shape index (κ2) is 9.39. The van der Waals surface area contributed by atoms with Crippen LogP contribution in [0.2, 0.25) is 0 Å². The fraction of sp³-hybridized carbons (Fsp3) is 0.318. The van der Waals surface area contributed by atoms with Crippen molar-refractivity contribution in [2.75, 3.05) is 13.2 Å². The van der Waals surface area contributed by atoms with Crippen LogP contribution in [0.5, 0.6) is 0 Å². The third-order valence-electron chi connectivity index (χ3n) is 4.93. The molecule has 2 heterocycles. The average molecular weight is 414 g/mol. The highest BCUT2D eigenvalue weighted by molar-refractivity contribution is 5.97. The van der Waals surface area contributed by atoms with E-state index in [1.807, 2.05) is 0 Å². The van der Waals surface area contributed by atoms with Gasteiger partial charge in [-0.05, 0) is 43.7 Å². The lowest BCUT2D eigenvalue weighted by Crippen LogP contribution is -2.44. The number of benzene rings is 1. The zero-order valence-corrected chi connectivity index (χ0v) is 16.8. The molecule has 158 valence electrons. The van der Waals surface area contributed by atoms with Gasteiger partial charge in [0.2, 0.25) is 11.8 Å². The summed E-state index contributed by atoms with van der Waals surface area (Å²) < 4.78 is 23.7. The van der Waals surface area contributed by atoms with Crippen LogP contribution in [0.25, 0.3) is 0 Å². The molecule has 1 aromatic carbocycles. The van der Waals surface area contributed by atoms with Crippen molar-refractivity contribution in [2.45, 2.75) is 32.7 Å². The Hall–Kier alpha value is -3.42. The summed E-state index contributed by atoms with van der Waals surface area (Å²) >= 11 is 0. The first-order valence-electron chi connectivity index (χ1n) is 9.63. The highest BCUT2D eigenvalue weighted by atomic mass is 19.1. The van der Waals surface area contributed by atoms with Crippen molar-refractivity contribution in [1.29, 1.82) is 0 Å². The van der Waals surface area contributed by atoms with Gasteiger partial charge in [-0.25, -0.2) is 9.18 Å².